The minimum absolute atomic E-state index is 0.187. The molecule has 26 heavy (non-hydrogen) atoms. The van der Waals surface area contributed by atoms with Crippen molar-refractivity contribution in [2.24, 2.45) is 0 Å². The lowest BCUT2D eigenvalue weighted by molar-refractivity contribution is -0.138. The molecule has 136 valence electrons. The van der Waals surface area contributed by atoms with Gasteiger partial charge in [-0.1, -0.05) is 0 Å². The number of aliphatic carboxylic acids is 1. The fraction of sp³-hybridized carbons (Fsp3) is 0.333. The quantitative estimate of drug-likeness (QED) is 0.869. The van der Waals surface area contributed by atoms with E-state index in [9.17, 15) is 14.7 Å². The number of benzene rings is 1. The number of fused-ring (bicyclic) bond motifs is 1. The molecule has 1 N–H and O–H groups in total. The zero-order valence-electron chi connectivity index (χ0n) is 14.5. The number of aromatic nitrogens is 2. The summed E-state index contributed by atoms with van der Waals surface area (Å²) >= 11 is 0. The van der Waals surface area contributed by atoms with Gasteiger partial charge >= 0.3 is 5.97 Å². The van der Waals surface area contributed by atoms with Gasteiger partial charge in [-0.15, -0.1) is 0 Å². The highest BCUT2D eigenvalue weighted by Crippen LogP contribution is 2.39. The molecule has 0 bridgehead atoms. The van der Waals surface area contributed by atoms with Crippen LogP contribution in [0.4, 0.5) is 0 Å². The molecule has 8 nitrogen and oxygen atoms in total. The number of ether oxygens (including phenoxy) is 2. The van der Waals surface area contributed by atoms with Crippen LogP contribution < -0.4 is 9.47 Å². The summed E-state index contributed by atoms with van der Waals surface area (Å²) in [5, 5.41) is 9.37. The van der Waals surface area contributed by atoms with Gasteiger partial charge in [-0.2, -0.15) is 0 Å². The van der Waals surface area contributed by atoms with Crippen molar-refractivity contribution in [1.82, 2.24) is 14.9 Å². The molecule has 0 saturated heterocycles. The standard InChI is InChI=1S/C18H19N3O5/c1-25-15-7-11-3-6-21(18(24)13-10-19-4-5-20-13)14(9-17(22)23)12(11)8-16(15)26-2/h4-5,7-8,10,14H,3,6,9H2,1-2H3,(H,22,23)/t14-/m1/s1. The van der Waals surface area contributed by atoms with Crippen molar-refractivity contribution in [3.05, 3.63) is 47.5 Å². The Kier molecular flexibility index (Phi) is 5.01. The molecule has 3 rings (SSSR count). The second kappa shape index (κ2) is 7.38. The van der Waals surface area contributed by atoms with Gasteiger partial charge in [-0.3, -0.25) is 14.6 Å². The van der Waals surface area contributed by atoms with Gasteiger partial charge in [0.15, 0.2) is 11.5 Å². The van der Waals surface area contributed by atoms with Crippen molar-refractivity contribution in [1.29, 1.82) is 0 Å². The Labute approximate surface area is 150 Å². The van der Waals surface area contributed by atoms with Crippen molar-refractivity contribution >= 4 is 11.9 Å². The Bertz CT molecular complexity index is 825. The first kappa shape index (κ1) is 17.7. The average molecular weight is 357 g/mol. The van der Waals surface area contributed by atoms with E-state index in [1.165, 1.54) is 30.6 Å². The topological polar surface area (TPSA) is 102 Å². The Morgan fingerprint density at radius 2 is 1.96 bits per heavy atom. The van der Waals surface area contributed by atoms with Crippen LogP contribution in [0.15, 0.2) is 30.7 Å². The first-order chi connectivity index (χ1) is 12.5. The summed E-state index contributed by atoms with van der Waals surface area (Å²) in [6.07, 6.45) is 4.66. The minimum atomic E-state index is -0.991. The second-order valence-electron chi connectivity index (χ2n) is 5.86. The monoisotopic (exact) mass is 357 g/mol. The summed E-state index contributed by atoms with van der Waals surface area (Å²) < 4.78 is 10.7. The molecule has 8 heteroatoms. The molecule has 0 spiro atoms. The van der Waals surface area contributed by atoms with Gasteiger partial charge in [0.2, 0.25) is 0 Å². The molecule has 0 saturated carbocycles. The zero-order chi connectivity index (χ0) is 18.7. The van der Waals surface area contributed by atoms with Gasteiger partial charge in [0.05, 0.1) is 32.9 Å². The lowest BCUT2D eigenvalue weighted by Gasteiger charge is -2.37. The smallest absolute Gasteiger partial charge is 0.305 e. The Morgan fingerprint density at radius 1 is 1.23 bits per heavy atom. The van der Waals surface area contributed by atoms with Crippen LogP contribution in [0.25, 0.3) is 0 Å². The second-order valence-corrected chi connectivity index (χ2v) is 5.86. The van der Waals surface area contributed by atoms with Crippen molar-refractivity contribution in [3.63, 3.8) is 0 Å². The van der Waals surface area contributed by atoms with Crippen LogP contribution in [0.1, 0.15) is 34.1 Å². The van der Waals surface area contributed by atoms with E-state index in [0.29, 0.717) is 24.5 Å². The van der Waals surface area contributed by atoms with Gasteiger partial charge in [-0.25, -0.2) is 4.98 Å². The number of carboxylic acids is 1. The summed E-state index contributed by atoms with van der Waals surface area (Å²) in [4.78, 5) is 33.8. The Morgan fingerprint density at radius 3 is 2.58 bits per heavy atom. The maximum Gasteiger partial charge on any atom is 0.305 e. The van der Waals surface area contributed by atoms with E-state index in [2.05, 4.69) is 9.97 Å². The summed E-state index contributed by atoms with van der Waals surface area (Å²) in [7, 11) is 3.06. The van der Waals surface area contributed by atoms with Crippen LogP contribution in [0, 0.1) is 0 Å². The molecule has 0 fully saturated rings. The maximum absolute atomic E-state index is 12.9. The molecule has 0 radical (unpaired) electrons. The third-order valence-electron chi connectivity index (χ3n) is 4.41. The molecular weight excluding hydrogens is 338 g/mol. The Balaban J connectivity index is 2.04. The average Bonchev–Trinajstić information content (AvgIpc) is 2.67. The molecule has 1 aromatic carbocycles. The SMILES string of the molecule is COc1cc2c(cc1OC)[C@@H](CC(=O)O)N(C(=O)c1cnccn1)CC2. The van der Waals surface area contributed by atoms with Crippen LogP contribution >= 0.6 is 0 Å². The predicted octanol–water partition coefficient (Wildman–Crippen LogP) is 1.71. The van der Waals surface area contributed by atoms with Gasteiger partial charge in [-0.05, 0) is 29.7 Å². The third kappa shape index (κ3) is 3.30. The van der Waals surface area contributed by atoms with E-state index in [-0.39, 0.29) is 18.0 Å². The first-order valence-corrected chi connectivity index (χ1v) is 8.08. The van der Waals surface area contributed by atoms with Crippen molar-refractivity contribution in [3.8, 4) is 11.5 Å². The molecule has 1 aliphatic rings. The van der Waals surface area contributed by atoms with Crippen LogP contribution in [0.5, 0.6) is 11.5 Å². The highest BCUT2D eigenvalue weighted by atomic mass is 16.5. The van der Waals surface area contributed by atoms with Crippen LogP contribution in [0.2, 0.25) is 0 Å². The molecule has 2 aromatic rings. The lowest BCUT2D eigenvalue weighted by atomic mass is 9.89. The first-order valence-electron chi connectivity index (χ1n) is 8.08. The molecule has 1 aromatic heterocycles. The van der Waals surface area contributed by atoms with Crippen LogP contribution in [0.3, 0.4) is 0 Å². The molecule has 2 heterocycles. The predicted molar refractivity (Wildman–Crippen MR) is 91.3 cm³/mol. The molecule has 0 aliphatic carbocycles. The van der Waals surface area contributed by atoms with E-state index >= 15 is 0 Å². The Hall–Kier alpha value is -3.16. The summed E-state index contributed by atoms with van der Waals surface area (Å²) in [6.45, 7) is 0.385. The number of nitrogens with zero attached hydrogens (tertiary/aromatic N) is 3. The minimum Gasteiger partial charge on any atom is -0.493 e. The summed E-state index contributed by atoms with van der Waals surface area (Å²) in [5.74, 6) is -0.260. The number of hydrogen-bond acceptors (Lipinski definition) is 6. The number of carbonyl (C=O) groups excluding carboxylic acids is 1. The number of carboxylic acid groups (broad SMARTS) is 1. The summed E-state index contributed by atoms with van der Waals surface area (Å²) in [6, 6.07) is 2.97. The zero-order valence-corrected chi connectivity index (χ0v) is 14.5. The van der Waals surface area contributed by atoms with Gasteiger partial charge in [0.25, 0.3) is 5.91 Å². The number of rotatable bonds is 5. The normalized spacial score (nSPS) is 15.9. The van der Waals surface area contributed by atoms with E-state index in [1.54, 1.807) is 13.2 Å². The largest absolute Gasteiger partial charge is 0.493 e. The summed E-state index contributed by atoms with van der Waals surface area (Å²) in [5.41, 5.74) is 1.87. The highest BCUT2D eigenvalue weighted by Gasteiger charge is 2.34. The van der Waals surface area contributed by atoms with E-state index < -0.39 is 12.0 Å². The maximum atomic E-state index is 12.9. The molecule has 1 aliphatic heterocycles. The van der Waals surface area contributed by atoms with E-state index in [1.807, 2.05) is 6.07 Å². The van der Waals surface area contributed by atoms with Gasteiger partial charge < -0.3 is 19.5 Å². The fourth-order valence-electron chi connectivity index (χ4n) is 3.21. The number of carbonyl (C=O) groups is 2. The molecular formula is C18H19N3O5. The van der Waals surface area contributed by atoms with Crippen molar-refractivity contribution in [2.75, 3.05) is 20.8 Å². The molecule has 1 atom stereocenters. The van der Waals surface area contributed by atoms with E-state index in [0.717, 1.165) is 11.1 Å². The number of methoxy groups -OCH3 is 2. The number of amides is 1. The lowest BCUT2D eigenvalue weighted by Crippen LogP contribution is -2.41. The third-order valence-corrected chi connectivity index (χ3v) is 4.41. The van der Waals surface area contributed by atoms with Crippen molar-refractivity contribution < 1.29 is 24.2 Å². The fourth-order valence-corrected chi connectivity index (χ4v) is 3.21. The molecule has 0 unspecified atom stereocenters. The van der Waals surface area contributed by atoms with Crippen LogP contribution in [-0.2, 0) is 11.2 Å². The van der Waals surface area contributed by atoms with E-state index in [4.69, 9.17) is 9.47 Å². The molecule has 1 amide bonds. The van der Waals surface area contributed by atoms with Gasteiger partial charge in [0, 0.05) is 18.9 Å². The highest BCUT2D eigenvalue weighted by molar-refractivity contribution is 5.92. The van der Waals surface area contributed by atoms with Gasteiger partial charge in [0.1, 0.15) is 5.69 Å². The van der Waals surface area contributed by atoms with Crippen molar-refractivity contribution in [2.45, 2.75) is 18.9 Å². The van der Waals surface area contributed by atoms with Crippen LogP contribution in [-0.4, -0.2) is 52.6 Å². The number of hydrogen-bond donors (Lipinski definition) is 1.